The quantitative estimate of drug-likeness (QED) is 0.0337. The Morgan fingerprint density at radius 3 is 1.11 bits per heavy atom. The Hall–Kier alpha value is -5.46. The van der Waals surface area contributed by atoms with E-state index < -0.39 is 73.7 Å². The molecule has 0 aromatic heterocycles. The minimum atomic E-state index is -1.17. The van der Waals surface area contributed by atoms with Crippen LogP contribution in [0.1, 0.15) is 242 Å². The zero-order chi connectivity index (χ0) is 92.7. The van der Waals surface area contributed by atoms with Crippen molar-refractivity contribution in [2.75, 3.05) is 6.61 Å². The van der Waals surface area contributed by atoms with Crippen molar-refractivity contribution < 1.29 is 86.2 Å². The smallest absolute Gasteiger partial charge is 0.347 e. The molecule has 9 aliphatic rings. The second kappa shape index (κ2) is 44.8. The van der Waals surface area contributed by atoms with Crippen LogP contribution < -0.4 is 4.74 Å². The molecule has 22 heteroatoms. The van der Waals surface area contributed by atoms with Crippen molar-refractivity contribution in [3.05, 3.63) is 59.7 Å². The number of phenolic OH excluding ortho intramolecular Hbond substituents is 1. The van der Waals surface area contributed by atoms with E-state index in [1.165, 1.54) is 36.4 Å². The summed E-state index contributed by atoms with van der Waals surface area (Å²) in [5.41, 5.74) is 2.27. The van der Waals surface area contributed by atoms with Crippen LogP contribution >= 0.6 is 0 Å². The Morgan fingerprint density at radius 2 is 0.760 bits per heavy atom. The zero-order valence-electron chi connectivity index (χ0n) is 82.4. The highest BCUT2D eigenvalue weighted by Crippen LogP contribution is 2.71. The molecule has 3 saturated heterocycles. The van der Waals surface area contributed by atoms with Crippen molar-refractivity contribution in [1.82, 2.24) is 0 Å². The van der Waals surface area contributed by atoms with E-state index in [9.17, 15) is 43.2 Å². The highest BCUT2D eigenvalue weighted by molar-refractivity contribution is 6.77. The van der Waals surface area contributed by atoms with Crippen LogP contribution in [-0.4, -0.2) is 128 Å². The van der Waals surface area contributed by atoms with Crippen molar-refractivity contribution in [3.63, 3.8) is 0 Å². The highest BCUT2D eigenvalue weighted by atomic mass is 28.3. The average Bonchev–Trinajstić information content (AvgIpc) is 1.53. The topological polar surface area (TPSA) is 248 Å². The second-order valence-electron chi connectivity index (χ2n) is 45.4. The van der Waals surface area contributed by atoms with E-state index in [2.05, 4.69) is 202 Å². The van der Waals surface area contributed by atoms with Crippen molar-refractivity contribution in [2.24, 2.45) is 117 Å². The van der Waals surface area contributed by atoms with Crippen LogP contribution in [0.4, 0.5) is 0 Å². The summed E-state index contributed by atoms with van der Waals surface area (Å²) in [5, 5.41) is 9.10. The third-order valence-corrected chi connectivity index (χ3v) is 35.9. The van der Waals surface area contributed by atoms with Crippen LogP contribution in [0.3, 0.4) is 0 Å². The lowest BCUT2D eigenvalue weighted by Gasteiger charge is -2.43. The van der Waals surface area contributed by atoms with Crippen LogP contribution in [0.5, 0.6) is 11.5 Å². The summed E-state index contributed by atoms with van der Waals surface area (Å²) in [7, 11) is -4.49. The molecule has 9 fully saturated rings. The molecule has 1 N–H and O–H groups in total. The lowest BCUT2D eigenvalue weighted by Crippen LogP contribution is -2.41. The molecule has 0 amide bonds. The van der Waals surface area contributed by atoms with Gasteiger partial charge in [0, 0.05) is 38.7 Å². The van der Waals surface area contributed by atoms with Gasteiger partial charge in [-0.3, -0.25) is 38.4 Å². The maximum absolute atomic E-state index is 12.9. The normalized spacial score (nSPS) is 29.1. The molecule has 121 heavy (non-hydrogen) atoms. The van der Waals surface area contributed by atoms with Gasteiger partial charge in [-0.1, -0.05) is 214 Å². The monoisotopic (exact) mass is 1760 g/mol. The van der Waals surface area contributed by atoms with E-state index in [1.54, 1.807) is 53.7 Å². The molecule has 3 heterocycles. The zero-order valence-corrected chi connectivity index (χ0v) is 86.4. The number of phenols is 1. The summed E-state index contributed by atoms with van der Waals surface area (Å²) in [6, 6.07) is 20.5. The van der Waals surface area contributed by atoms with Gasteiger partial charge in [0.25, 0.3) is 0 Å². The average molecular weight is 1760 g/mol. The number of rotatable bonds is 24. The van der Waals surface area contributed by atoms with Gasteiger partial charge in [0.15, 0.2) is 0 Å². The maximum Gasteiger partial charge on any atom is 0.347 e. The number of hydrogen-bond acceptors (Lipinski definition) is 18. The predicted octanol–water partition coefficient (Wildman–Crippen LogP) is 23.5. The summed E-state index contributed by atoms with van der Waals surface area (Å²) >= 11 is 0. The third kappa shape index (κ3) is 32.1. The van der Waals surface area contributed by atoms with Gasteiger partial charge in [0.2, 0.25) is 6.10 Å². The second-order valence-corrected chi connectivity index (χ2v) is 67.5. The maximum atomic E-state index is 12.9. The van der Waals surface area contributed by atoms with Gasteiger partial charge >= 0.3 is 53.7 Å². The molecular formula is C99H170O18Si4. The van der Waals surface area contributed by atoms with Crippen LogP contribution in [0, 0.1) is 117 Å². The fourth-order valence-corrected chi connectivity index (χ4v) is 26.6. The lowest BCUT2D eigenvalue weighted by atomic mass is 9.62. The van der Waals surface area contributed by atoms with E-state index in [0.29, 0.717) is 49.1 Å². The van der Waals surface area contributed by atoms with Gasteiger partial charge in [-0.2, -0.15) is 0 Å². The van der Waals surface area contributed by atoms with Gasteiger partial charge in [0.1, 0.15) is 11.5 Å². The molecule has 2 aromatic rings. The van der Waals surface area contributed by atoms with Crippen molar-refractivity contribution >= 4 is 86.0 Å². The minimum absolute atomic E-state index is 0.0595. The summed E-state index contributed by atoms with van der Waals surface area (Å²) in [6.45, 7) is 78.0. The van der Waals surface area contributed by atoms with E-state index >= 15 is 0 Å². The largest absolute Gasteiger partial charge is 0.508 e. The number of carbonyl (C=O) groups excluding carboxylic acids is 9. The number of aromatic hydroxyl groups is 1. The van der Waals surface area contributed by atoms with Crippen LogP contribution in [-0.2, 0) is 87.1 Å². The van der Waals surface area contributed by atoms with Gasteiger partial charge in [0.05, 0.1) is 77.4 Å². The number of esters is 9. The molecule has 0 radical (unpaired) electrons. The first-order valence-corrected chi connectivity index (χ1v) is 61.3. The number of hydrogen-bond donors (Lipinski definition) is 1. The lowest BCUT2D eigenvalue weighted by molar-refractivity contribution is -0.167. The van der Waals surface area contributed by atoms with E-state index in [1.807, 2.05) is 46.8 Å². The Labute approximate surface area is 737 Å². The number of ether oxygens (including phenoxy) is 8. The molecule has 3 aliphatic heterocycles. The summed E-state index contributed by atoms with van der Waals surface area (Å²) in [6.07, 6.45) is 10.4. The Bertz CT molecular complexity index is 3610. The Kier molecular flexibility index (Phi) is 39.9. The summed E-state index contributed by atoms with van der Waals surface area (Å²) in [4.78, 5) is 102. The van der Waals surface area contributed by atoms with Gasteiger partial charge in [-0.15, -0.1) is 0 Å². The molecule has 6 bridgehead atoms. The van der Waals surface area contributed by atoms with Gasteiger partial charge < -0.3 is 43.0 Å². The van der Waals surface area contributed by atoms with E-state index in [-0.39, 0.29) is 93.9 Å². The molecule has 690 valence electrons. The first-order chi connectivity index (χ1) is 55.4. The van der Waals surface area contributed by atoms with Gasteiger partial charge in [-0.25, -0.2) is 4.79 Å². The van der Waals surface area contributed by atoms with Crippen LogP contribution in [0.25, 0.3) is 0 Å². The van der Waals surface area contributed by atoms with Crippen LogP contribution in [0.2, 0.25) is 103 Å². The molecule has 18 nitrogen and oxygen atoms in total. The fraction of sp³-hybridized carbons (Fsp3) is 0.788. The number of cyclic esters (lactones) is 5. The van der Waals surface area contributed by atoms with Crippen molar-refractivity contribution in [1.29, 1.82) is 0 Å². The summed E-state index contributed by atoms with van der Waals surface area (Å²) < 4.78 is 41.6. The first-order valence-electron chi connectivity index (χ1n) is 46.4. The SMILES string of the molecule is CC(C[Si](C)(C)C)OC(=O)C1CC2CC1C(C)C2C.CC(C[Si](C)(C)C)OC(=O)C1CC2CC1C1C3CC(C(C)C3C)C21.CC1C(=O)OC(=O)C1C.CC1C(=O)OC(=O)C1C.CCC(C)(C)C(=O)OC(C)C[Si](C)(C)C.CCC(C)(C)C(=O)OC1CCOC1=O.CCC(C)(C)c1ccc(O)cc1.CCC(C)(C)c1ccc(OC(C)C[Si](C)(C)C)cc1. The predicted molar refractivity (Wildman–Crippen MR) is 498 cm³/mol. The highest BCUT2D eigenvalue weighted by Gasteiger charge is 2.67. The number of fused-ring (bicyclic) bond motifs is 11. The number of carbonyl (C=O) groups is 9. The molecular weight excluding hydrogens is 1590 g/mol. The molecule has 23 unspecified atom stereocenters. The third-order valence-electron chi connectivity index (χ3n) is 28.7. The standard InChI is InChI=1S/C21H36O2Si.C17H30OSi.C16H30O2Si.C12H26O2Si.C11H16O.C10H16O4.2C6H8O3/c1-11(10-24(4,5)6)23-21(22)18-8-14-7-17(18)20-16-9-15(19(14)20)12(2)13(16)3;1-8-17(3,4)15-9-11-16(12-10-15)18-14(2)13-19(5,6)7;1-10(9-19(4,5)6)18-16(17)15-8-13-7-14(15)12(3)11(13)2;1-8-12(3,4)11(13)14-10(2)9-15(5,6)7;1-4-11(2,3)9-5-7-10(12)8-6-9;1-4-10(2,3)9(12)14-7-5-6-13-8(7)11;2*1-3-4(2)6(8)9-5(3)7/h11-20H,7-10H2,1-6H3;9-12,14H,8,13H2,1-7H3;10-15H,7-9H2,1-6H3;10H,8-9H2,1-7H3;5-8,12H,4H2,1-3H3;7H,4-6H2,1-3H3;2*3-4H,1-2H3. The molecule has 6 saturated carbocycles. The summed E-state index contributed by atoms with van der Waals surface area (Å²) in [5.74, 6) is 8.39. The molecule has 23 atom stereocenters. The van der Waals surface area contributed by atoms with Crippen LogP contribution in [0.15, 0.2) is 48.5 Å². The molecule has 11 rings (SSSR count). The Morgan fingerprint density at radius 1 is 0.413 bits per heavy atom. The minimum Gasteiger partial charge on any atom is -0.508 e. The van der Waals surface area contributed by atoms with Gasteiger partial charge in [-0.05, 0) is 255 Å². The Balaban J connectivity index is 0.000000296. The molecule has 6 aliphatic carbocycles. The molecule has 2 aromatic carbocycles. The molecule has 0 spiro atoms. The van der Waals surface area contributed by atoms with E-state index in [0.717, 1.165) is 109 Å². The van der Waals surface area contributed by atoms with Crippen molar-refractivity contribution in [2.45, 2.75) is 374 Å². The first kappa shape index (κ1) is 108. The van der Waals surface area contributed by atoms with E-state index in [4.69, 9.17) is 33.5 Å². The fourth-order valence-electron chi connectivity index (χ4n) is 19.3. The number of benzene rings is 2. The van der Waals surface area contributed by atoms with Crippen molar-refractivity contribution in [3.8, 4) is 11.5 Å².